The average Bonchev–Trinajstić information content (AvgIpc) is 2.73. The van der Waals surface area contributed by atoms with Crippen molar-refractivity contribution in [1.82, 2.24) is 15.2 Å². The Labute approximate surface area is 173 Å². The van der Waals surface area contributed by atoms with Crippen LogP contribution in [-0.4, -0.2) is 48.6 Å². The van der Waals surface area contributed by atoms with Gasteiger partial charge in [0, 0.05) is 38.9 Å². The molecule has 2 amide bonds. The van der Waals surface area contributed by atoms with E-state index in [0.29, 0.717) is 44.1 Å². The second kappa shape index (κ2) is 8.95. The van der Waals surface area contributed by atoms with Gasteiger partial charge in [-0.15, -0.1) is 0 Å². The molecule has 29 heavy (non-hydrogen) atoms. The normalized spacial score (nSPS) is 14.4. The molecule has 1 aromatic carbocycles. The highest BCUT2D eigenvalue weighted by Crippen LogP contribution is 2.22. The molecule has 6 nitrogen and oxygen atoms in total. The number of nitrogens with one attached hydrogen (secondary N) is 1. The van der Waals surface area contributed by atoms with E-state index >= 15 is 0 Å². The zero-order chi connectivity index (χ0) is 20.9. The molecule has 1 N–H and O–H groups in total. The van der Waals surface area contributed by atoms with Crippen molar-refractivity contribution in [1.29, 1.82) is 5.26 Å². The van der Waals surface area contributed by atoms with Gasteiger partial charge in [-0.1, -0.05) is 45.0 Å². The maximum absolute atomic E-state index is 12.5. The van der Waals surface area contributed by atoms with Gasteiger partial charge in [0.1, 0.15) is 11.9 Å². The number of carbonyl (C=O) groups is 1. The maximum atomic E-state index is 12.5. The number of benzene rings is 1. The number of nitrogens with zero attached hydrogens (tertiary/aromatic N) is 4. The zero-order valence-corrected chi connectivity index (χ0v) is 17.5. The van der Waals surface area contributed by atoms with Gasteiger partial charge in [-0.05, 0) is 35.1 Å². The number of hydrogen-bond acceptors (Lipinski definition) is 4. The quantitative estimate of drug-likeness (QED) is 0.868. The molecule has 0 radical (unpaired) electrons. The monoisotopic (exact) mass is 391 g/mol. The van der Waals surface area contributed by atoms with Crippen molar-refractivity contribution in [3.8, 4) is 6.07 Å². The van der Waals surface area contributed by atoms with Crippen molar-refractivity contribution in [3.05, 3.63) is 59.3 Å². The van der Waals surface area contributed by atoms with Crippen LogP contribution in [0.5, 0.6) is 0 Å². The van der Waals surface area contributed by atoms with E-state index < -0.39 is 0 Å². The van der Waals surface area contributed by atoms with E-state index in [1.54, 1.807) is 18.3 Å². The third-order valence-electron chi connectivity index (χ3n) is 5.28. The van der Waals surface area contributed by atoms with Gasteiger partial charge in [-0.25, -0.2) is 9.78 Å². The van der Waals surface area contributed by atoms with E-state index in [0.717, 1.165) is 6.42 Å². The number of carbonyl (C=O) groups excluding carboxylic acids is 1. The first-order chi connectivity index (χ1) is 13.9. The molecular weight excluding hydrogens is 362 g/mol. The van der Waals surface area contributed by atoms with Crippen LogP contribution < -0.4 is 10.2 Å². The lowest BCUT2D eigenvalue weighted by molar-refractivity contribution is 0.194. The predicted molar refractivity (Wildman–Crippen MR) is 115 cm³/mol. The molecule has 152 valence electrons. The summed E-state index contributed by atoms with van der Waals surface area (Å²) in [5.41, 5.74) is 3.26. The fourth-order valence-electron chi connectivity index (χ4n) is 3.45. The summed E-state index contributed by atoms with van der Waals surface area (Å²) in [5.74, 6) is 0.703. The molecule has 1 aliphatic rings. The average molecular weight is 392 g/mol. The summed E-state index contributed by atoms with van der Waals surface area (Å²) in [6.45, 7) is 9.82. The zero-order valence-electron chi connectivity index (χ0n) is 17.5. The lowest BCUT2D eigenvalue weighted by atomic mass is 9.86. The molecule has 3 rings (SSSR count). The standard InChI is InChI=1S/C23H29N5O/c1-23(2,3)20-8-6-18(7-9-20)10-12-26-22(29)28-15-13-27(14-16-28)21-19(17-24)5-4-11-25-21/h4-9,11H,10,12-16H2,1-3H3,(H,26,29). The summed E-state index contributed by atoms with van der Waals surface area (Å²) in [5, 5.41) is 12.3. The van der Waals surface area contributed by atoms with Gasteiger partial charge >= 0.3 is 6.03 Å². The molecule has 2 heterocycles. The van der Waals surface area contributed by atoms with Crippen LogP contribution in [0.25, 0.3) is 0 Å². The van der Waals surface area contributed by atoms with Gasteiger partial charge in [0.05, 0.1) is 5.56 Å². The van der Waals surface area contributed by atoms with E-state index in [1.165, 1.54) is 11.1 Å². The highest BCUT2D eigenvalue weighted by atomic mass is 16.2. The molecule has 1 saturated heterocycles. The summed E-state index contributed by atoms with van der Waals surface area (Å²) in [6, 6.07) is 14.3. The van der Waals surface area contributed by atoms with Gasteiger partial charge in [0.15, 0.2) is 0 Å². The number of aromatic nitrogens is 1. The smallest absolute Gasteiger partial charge is 0.317 e. The lowest BCUT2D eigenvalue weighted by Crippen LogP contribution is -2.52. The molecule has 2 aromatic rings. The number of nitriles is 1. The molecule has 0 unspecified atom stereocenters. The van der Waals surface area contributed by atoms with E-state index in [9.17, 15) is 10.1 Å². The summed E-state index contributed by atoms with van der Waals surface area (Å²) >= 11 is 0. The van der Waals surface area contributed by atoms with Crippen LogP contribution in [0, 0.1) is 11.3 Å². The molecule has 6 heteroatoms. The van der Waals surface area contributed by atoms with Crippen molar-refractivity contribution in [2.75, 3.05) is 37.6 Å². The highest BCUT2D eigenvalue weighted by Gasteiger charge is 2.23. The van der Waals surface area contributed by atoms with E-state index in [1.807, 2.05) is 4.90 Å². The van der Waals surface area contributed by atoms with Crippen LogP contribution in [0.3, 0.4) is 0 Å². The number of anilines is 1. The van der Waals surface area contributed by atoms with E-state index in [4.69, 9.17) is 0 Å². The first kappa shape index (κ1) is 20.7. The van der Waals surface area contributed by atoms with Crippen LogP contribution in [0.1, 0.15) is 37.5 Å². The Hall–Kier alpha value is -3.07. The van der Waals surface area contributed by atoms with Crippen LogP contribution in [0.15, 0.2) is 42.6 Å². The first-order valence-corrected chi connectivity index (χ1v) is 10.1. The number of pyridine rings is 1. The third-order valence-corrected chi connectivity index (χ3v) is 5.28. The van der Waals surface area contributed by atoms with Crippen LogP contribution >= 0.6 is 0 Å². The summed E-state index contributed by atoms with van der Waals surface area (Å²) in [4.78, 5) is 20.7. The fraction of sp³-hybridized carbons (Fsp3) is 0.435. The largest absolute Gasteiger partial charge is 0.352 e. The predicted octanol–water partition coefficient (Wildman–Crippen LogP) is 3.33. The molecule has 0 saturated carbocycles. The van der Waals surface area contributed by atoms with Gasteiger partial charge in [0.25, 0.3) is 0 Å². The number of hydrogen-bond donors (Lipinski definition) is 1. The van der Waals surface area contributed by atoms with Crippen molar-refractivity contribution in [3.63, 3.8) is 0 Å². The fourth-order valence-corrected chi connectivity index (χ4v) is 3.45. The lowest BCUT2D eigenvalue weighted by Gasteiger charge is -2.35. The minimum Gasteiger partial charge on any atom is -0.352 e. The molecular formula is C23H29N5O. The Bertz CT molecular complexity index is 871. The Kier molecular flexibility index (Phi) is 6.38. The second-order valence-electron chi connectivity index (χ2n) is 8.39. The van der Waals surface area contributed by atoms with Crippen molar-refractivity contribution in [2.45, 2.75) is 32.6 Å². The number of rotatable bonds is 4. The van der Waals surface area contributed by atoms with Gasteiger partial charge < -0.3 is 15.1 Å². The molecule has 1 aromatic heterocycles. The minimum absolute atomic E-state index is 0.0301. The maximum Gasteiger partial charge on any atom is 0.317 e. The van der Waals surface area contributed by atoms with E-state index in [2.05, 4.69) is 66.3 Å². The van der Waals surface area contributed by atoms with Crippen LogP contribution in [0.2, 0.25) is 0 Å². The minimum atomic E-state index is -0.0301. The van der Waals surface area contributed by atoms with Crippen LogP contribution in [-0.2, 0) is 11.8 Å². The molecule has 0 aliphatic carbocycles. The Morgan fingerprint density at radius 1 is 1.14 bits per heavy atom. The summed E-state index contributed by atoms with van der Waals surface area (Å²) in [7, 11) is 0. The topological polar surface area (TPSA) is 72.3 Å². The Balaban J connectivity index is 1.45. The summed E-state index contributed by atoms with van der Waals surface area (Å²) in [6.07, 6.45) is 2.51. The van der Waals surface area contributed by atoms with Crippen LogP contribution in [0.4, 0.5) is 10.6 Å². The number of piperazine rings is 1. The molecule has 1 aliphatic heterocycles. The van der Waals surface area contributed by atoms with Gasteiger partial charge in [0.2, 0.25) is 0 Å². The second-order valence-corrected chi connectivity index (χ2v) is 8.39. The molecule has 1 fully saturated rings. The van der Waals surface area contributed by atoms with Crippen molar-refractivity contribution in [2.24, 2.45) is 0 Å². The SMILES string of the molecule is CC(C)(C)c1ccc(CCNC(=O)N2CCN(c3ncccc3C#N)CC2)cc1. The van der Waals surface area contributed by atoms with Crippen molar-refractivity contribution >= 4 is 11.8 Å². The Morgan fingerprint density at radius 2 is 1.83 bits per heavy atom. The highest BCUT2D eigenvalue weighted by molar-refractivity contribution is 5.74. The summed E-state index contributed by atoms with van der Waals surface area (Å²) < 4.78 is 0. The molecule has 0 bridgehead atoms. The third kappa shape index (κ3) is 5.26. The van der Waals surface area contributed by atoms with E-state index in [-0.39, 0.29) is 11.4 Å². The Morgan fingerprint density at radius 3 is 2.45 bits per heavy atom. The van der Waals surface area contributed by atoms with Crippen molar-refractivity contribution < 1.29 is 4.79 Å². The van der Waals surface area contributed by atoms with Gasteiger partial charge in [-0.2, -0.15) is 5.26 Å². The van der Waals surface area contributed by atoms with Gasteiger partial charge in [-0.3, -0.25) is 0 Å². The number of urea groups is 1. The number of amides is 2. The first-order valence-electron chi connectivity index (χ1n) is 10.1. The molecule has 0 atom stereocenters. The molecule has 0 spiro atoms.